The zero-order chi connectivity index (χ0) is 9.07. The lowest BCUT2D eigenvalue weighted by atomic mass is 10.3. The molecule has 0 unspecified atom stereocenters. The Morgan fingerprint density at radius 2 is 2.09 bits per heavy atom. The van der Waals surface area contributed by atoms with Gasteiger partial charge in [-0.2, -0.15) is 0 Å². The lowest BCUT2D eigenvalue weighted by Crippen LogP contribution is -2.17. The van der Waals surface area contributed by atoms with Crippen LogP contribution in [0.5, 0.6) is 0 Å². The number of carbonyl (C=O) groups excluding carboxylic acids is 1. The monoisotopic (exact) mass is 200 g/mol. The molecular weight excluding hydrogens is 192 g/mol. The molecule has 0 rings (SSSR count). The Hall–Kier alpha value is -0.290. The first kappa shape index (κ1) is 10.7. The van der Waals surface area contributed by atoms with Gasteiger partial charge < -0.3 is 4.74 Å². The average Bonchev–Trinajstić information content (AvgIpc) is 1.85. The second-order valence-electron chi connectivity index (χ2n) is 2.07. The summed E-state index contributed by atoms with van der Waals surface area (Å²) in [6.45, 7) is 1.35. The molecule has 0 fully saturated rings. The van der Waals surface area contributed by atoms with Crippen LogP contribution in [0.15, 0.2) is 0 Å². The van der Waals surface area contributed by atoms with E-state index < -0.39 is 20.3 Å². The van der Waals surface area contributed by atoms with Crippen LogP contribution in [0.3, 0.4) is 0 Å². The van der Waals surface area contributed by atoms with E-state index in [2.05, 4.69) is 4.74 Å². The van der Waals surface area contributed by atoms with Gasteiger partial charge in [0, 0.05) is 10.7 Å². The number of hydrogen-bond donors (Lipinski definition) is 0. The predicted octanol–water partition coefficient (Wildman–Crippen LogP) is 0.507. The summed E-state index contributed by atoms with van der Waals surface area (Å²) in [7, 11) is 2.50. The van der Waals surface area contributed by atoms with Crippen LogP contribution < -0.4 is 0 Å². The van der Waals surface area contributed by atoms with Crippen molar-refractivity contribution in [3.05, 3.63) is 0 Å². The molecule has 0 saturated carbocycles. The fourth-order valence-corrected chi connectivity index (χ4v) is 0.942. The van der Waals surface area contributed by atoms with Crippen molar-refractivity contribution in [3.63, 3.8) is 0 Å². The standard InChI is InChI=1S/C5H9ClO4S/c1-4(11(6,8)9)3-5(7)10-2/h4H,3H2,1-2H3/t4-/m0/s1. The van der Waals surface area contributed by atoms with Gasteiger partial charge in [-0.15, -0.1) is 0 Å². The molecule has 0 spiro atoms. The molecule has 0 amide bonds. The Kier molecular flexibility index (Phi) is 3.82. The van der Waals surface area contributed by atoms with Crippen molar-refractivity contribution < 1.29 is 17.9 Å². The Morgan fingerprint density at radius 3 is 2.36 bits per heavy atom. The number of methoxy groups -OCH3 is 1. The summed E-state index contributed by atoms with van der Waals surface area (Å²) in [5.41, 5.74) is 0. The third kappa shape index (κ3) is 4.21. The summed E-state index contributed by atoms with van der Waals surface area (Å²) in [5, 5.41) is -0.892. The van der Waals surface area contributed by atoms with Gasteiger partial charge in [0.1, 0.15) is 0 Å². The number of carbonyl (C=O) groups is 1. The average molecular weight is 201 g/mol. The Bertz CT molecular complexity index is 233. The van der Waals surface area contributed by atoms with Gasteiger partial charge in [-0.1, -0.05) is 0 Å². The second-order valence-corrected chi connectivity index (χ2v) is 5.11. The van der Waals surface area contributed by atoms with Crippen LogP contribution in [0.2, 0.25) is 0 Å². The summed E-state index contributed by atoms with van der Waals surface area (Å²) >= 11 is 0. The van der Waals surface area contributed by atoms with Crippen molar-refractivity contribution >= 4 is 25.7 Å². The van der Waals surface area contributed by atoms with E-state index in [9.17, 15) is 13.2 Å². The summed E-state index contributed by atoms with van der Waals surface area (Å²) in [5.74, 6) is -0.582. The van der Waals surface area contributed by atoms with Gasteiger partial charge in [0.15, 0.2) is 0 Å². The highest BCUT2D eigenvalue weighted by Crippen LogP contribution is 2.10. The lowest BCUT2D eigenvalue weighted by molar-refractivity contribution is -0.140. The van der Waals surface area contributed by atoms with Crippen LogP contribution in [-0.2, 0) is 18.6 Å². The highest BCUT2D eigenvalue weighted by Gasteiger charge is 2.20. The minimum absolute atomic E-state index is 0.206. The minimum Gasteiger partial charge on any atom is -0.469 e. The highest BCUT2D eigenvalue weighted by molar-refractivity contribution is 8.14. The molecule has 66 valence electrons. The maximum Gasteiger partial charge on any atom is 0.306 e. The normalized spacial score (nSPS) is 14.1. The van der Waals surface area contributed by atoms with Gasteiger partial charge in [0.05, 0.1) is 18.8 Å². The summed E-state index contributed by atoms with van der Waals surface area (Å²) in [4.78, 5) is 10.5. The van der Waals surface area contributed by atoms with E-state index >= 15 is 0 Å². The van der Waals surface area contributed by atoms with Crippen molar-refractivity contribution in [2.45, 2.75) is 18.6 Å². The van der Waals surface area contributed by atoms with Crippen molar-refractivity contribution in [3.8, 4) is 0 Å². The largest absolute Gasteiger partial charge is 0.469 e. The van der Waals surface area contributed by atoms with E-state index in [-0.39, 0.29) is 6.42 Å². The van der Waals surface area contributed by atoms with Gasteiger partial charge in [0.2, 0.25) is 9.05 Å². The fraction of sp³-hybridized carbons (Fsp3) is 0.800. The van der Waals surface area contributed by atoms with E-state index in [4.69, 9.17) is 10.7 Å². The van der Waals surface area contributed by atoms with Crippen LogP contribution in [0.25, 0.3) is 0 Å². The van der Waals surface area contributed by atoms with Gasteiger partial charge in [-0.3, -0.25) is 4.79 Å². The third-order valence-corrected chi connectivity index (χ3v) is 3.20. The fourth-order valence-electron chi connectivity index (χ4n) is 0.418. The summed E-state index contributed by atoms with van der Waals surface area (Å²) < 4.78 is 25.3. The van der Waals surface area contributed by atoms with Crippen molar-refractivity contribution in [1.29, 1.82) is 0 Å². The van der Waals surface area contributed by atoms with E-state index in [1.807, 2.05) is 0 Å². The molecule has 0 aromatic carbocycles. The quantitative estimate of drug-likeness (QED) is 0.492. The van der Waals surface area contributed by atoms with Crippen LogP contribution in [0.1, 0.15) is 13.3 Å². The molecule has 0 aromatic heterocycles. The Labute approximate surface area is 69.9 Å². The molecular formula is C5H9ClO4S. The third-order valence-electron chi connectivity index (χ3n) is 1.16. The first-order chi connectivity index (χ1) is 4.88. The zero-order valence-electron chi connectivity index (χ0n) is 6.20. The number of ether oxygens (including phenoxy) is 1. The molecule has 0 bridgehead atoms. The topological polar surface area (TPSA) is 60.4 Å². The van der Waals surface area contributed by atoms with Gasteiger partial charge in [-0.05, 0) is 6.92 Å². The summed E-state index contributed by atoms with van der Waals surface area (Å²) in [6, 6.07) is 0. The van der Waals surface area contributed by atoms with E-state index in [1.165, 1.54) is 14.0 Å². The molecule has 4 nitrogen and oxygen atoms in total. The lowest BCUT2D eigenvalue weighted by Gasteiger charge is -2.04. The first-order valence-corrected chi connectivity index (χ1v) is 5.25. The summed E-state index contributed by atoms with van der Waals surface area (Å²) in [6.07, 6.45) is -0.206. The Morgan fingerprint density at radius 1 is 1.64 bits per heavy atom. The van der Waals surface area contributed by atoms with Crippen molar-refractivity contribution in [1.82, 2.24) is 0 Å². The molecule has 0 aromatic rings. The van der Waals surface area contributed by atoms with E-state index in [0.29, 0.717) is 0 Å². The molecule has 0 aliphatic carbocycles. The maximum atomic E-state index is 10.5. The molecule has 11 heavy (non-hydrogen) atoms. The van der Waals surface area contributed by atoms with Crippen LogP contribution >= 0.6 is 10.7 Å². The van der Waals surface area contributed by atoms with Crippen LogP contribution in [-0.4, -0.2) is 26.7 Å². The predicted molar refractivity (Wildman–Crippen MR) is 40.9 cm³/mol. The molecule has 0 saturated heterocycles. The maximum absolute atomic E-state index is 10.5. The molecule has 0 N–H and O–H groups in total. The van der Waals surface area contributed by atoms with E-state index in [0.717, 1.165) is 0 Å². The molecule has 0 aliphatic heterocycles. The first-order valence-electron chi connectivity index (χ1n) is 2.88. The molecule has 0 aliphatic rings. The van der Waals surface area contributed by atoms with Crippen molar-refractivity contribution in [2.24, 2.45) is 0 Å². The van der Waals surface area contributed by atoms with Gasteiger partial charge in [-0.25, -0.2) is 8.42 Å². The molecule has 1 atom stereocenters. The highest BCUT2D eigenvalue weighted by atomic mass is 35.7. The SMILES string of the molecule is COC(=O)C[C@H](C)S(=O)(=O)Cl. The zero-order valence-corrected chi connectivity index (χ0v) is 7.78. The number of hydrogen-bond acceptors (Lipinski definition) is 4. The molecule has 0 heterocycles. The van der Waals surface area contributed by atoms with Gasteiger partial charge >= 0.3 is 5.97 Å². The Balaban J connectivity index is 4.10. The molecule has 0 radical (unpaired) electrons. The number of esters is 1. The van der Waals surface area contributed by atoms with Crippen LogP contribution in [0.4, 0.5) is 0 Å². The second kappa shape index (κ2) is 3.92. The number of halogens is 1. The minimum atomic E-state index is -3.64. The smallest absolute Gasteiger partial charge is 0.306 e. The van der Waals surface area contributed by atoms with Crippen LogP contribution in [0, 0.1) is 0 Å². The number of rotatable bonds is 3. The van der Waals surface area contributed by atoms with Gasteiger partial charge in [0.25, 0.3) is 0 Å². The van der Waals surface area contributed by atoms with E-state index in [1.54, 1.807) is 0 Å². The van der Waals surface area contributed by atoms with Crippen molar-refractivity contribution in [2.75, 3.05) is 7.11 Å². The molecule has 6 heteroatoms.